The predicted molar refractivity (Wildman–Crippen MR) is 92.7 cm³/mol. The Kier molecular flexibility index (Phi) is 5.36. The number of hydrogen-bond donors (Lipinski definition) is 1. The lowest BCUT2D eigenvalue weighted by Crippen LogP contribution is -2.38. The van der Waals surface area contributed by atoms with Crippen LogP contribution in [0, 0.1) is 0 Å². The number of carbonyl (C=O) groups excluding carboxylic acids is 1. The number of alkyl halides is 3. The normalized spacial score (nSPS) is 16.6. The third-order valence-corrected chi connectivity index (χ3v) is 4.84. The van der Waals surface area contributed by atoms with Gasteiger partial charge in [-0.25, -0.2) is 0 Å². The molecule has 0 bridgehead atoms. The lowest BCUT2D eigenvalue weighted by molar-refractivity contribution is -0.137. The van der Waals surface area contributed by atoms with Gasteiger partial charge in [0.25, 0.3) is 5.91 Å². The molecule has 140 valence electrons. The largest absolute Gasteiger partial charge is 0.417 e. The number of likely N-dealkylation sites (tertiary alicyclic amines) is 1. The summed E-state index contributed by atoms with van der Waals surface area (Å²) in [6, 6.07) is 8.74. The van der Waals surface area contributed by atoms with Crippen molar-refractivity contribution < 1.29 is 18.0 Å². The first-order valence-electron chi connectivity index (χ1n) is 8.67. The molecule has 3 rings (SSSR count). The molecule has 1 fully saturated rings. The molecule has 0 aliphatic carbocycles. The van der Waals surface area contributed by atoms with Crippen LogP contribution in [0.1, 0.15) is 40.5 Å². The first-order chi connectivity index (χ1) is 12.4. The fourth-order valence-electron chi connectivity index (χ4n) is 3.51. The Morgan fingerprint density at radius 2 is 1.85 bits per heavy atom. The molecule has 0 unspecified atom stereocenters. The summed E-state index contributed by atoms with van der Waals surface area (Å²) in [6.45, 7) is 2.11. The molecule has 7 heteroatoms. The minimum Gasteiger partial charge on any atom is -0.353 e. The molecule has 2 aromatic rings. The second kappa shape index (κ2) is 7.53. The number of hydrogen-bond acceptors (Lipinski definition) is 2. The molecule has 4 nitrogen and oxygen atoms in total. The minimum atomic E-state index is -4.56. The molecule has 1 saturated heterocycles. The topological polar surface area (TPSA) is 37.3 Å². The van der Waals surface area contributed by atoms with Crippen LogP contribution in [0.15, 0.2) is 42.6 Å². The van der Waals surface area contributed by atoms with Crippen LogP contribution >= 0.6 is 0 Å². The molecule has 1 aromatic heterocycles. The van der Waals surface area contributed by atoms with Crippen LogP contribution in [0.4, 0.5) is 13.2 Å². The van der Waals surface area contributed by atoms with Crippen LogP contribution in [0.25, 0.3) is 0 Å². The van der Waals surface area contributed by atoms with Crippen LogP contribution in [0.3, 0.4) is 0 Å². The van der Waals surface area contributed by atoms with Crippen LogP contribution in [0.2, 0.25) is 0 Å². The highest BCUT2D eigenvalue weighted by atomic mass is 19.4. The Labute approximate surface area is 150 Å². The maximum absolute atomic E-state index is 13.1. The van der Waals surface area contributed by atoms with Crippen molar-refractivity contribution in [1.82, 2.24) is 14.8 Å². The highest BCUT2D eigenvalue weighted by molar-refractivity contribution is 5.95. The van der Waals surface area contributed by atoms with Gasteiger partial charge in [0.05, 0.1) is 17.2 Å². The van der Waals surface area contributed by atoms with Gasteiger partial charge in [-0.3, -0.25) is 9.69 Å². The van der Waals surface area contributed by atoms with Gasteiger partial charge in [0.15, 0.2) is 0 Å². The summed E-state index contributed by atoms with van der Waals surface area (Å²) in [5, 5.41) is 2.71. The fourth-order valence-corrected chi connectivity index (χ4v) is 3.51. The van der Waals surface area contributed by atoms with Crippen molar-refractivity contribution in [3.05, 3.63) is 59.4 Å². The second-order valence-corrected chi connectivity index (χ2v) is 6.56. The van der Waals surface area contributed by atoms with Crippen LogP contribution < -0.4 is 5.32 Å². The van der Waals surface area contributed by atoms with E-state index in [0.717, 1.165) is 37.7 Å². The molecule has 2 heterocycles. The molecule has 1 aromatic carbocycles. The van der Waals surface area contributed by atoms with Gasteiger partial charge in [-0.1, -0.05) is 12.1 Å². The van der Waals surface area contributed by atoms with E-state index in [4.69, 9.17) is 0 Å². The lowest BCUT2D eigenvalue weighted by Gasteiger charge is -2.28. The first kappa shape index (κ1) is 18.5. The summed E-state index contributed by atoms with van der Waals surface area (Å²) in [5.74, 6) is -0.698. The zero-order valence-electron chi connectivity index (χ0n) is 14.6. The Hall–Kier alpha value is -2.28. The van der Waals surface area contributed by atoms with Gasteiger partial charge in [-0.2, -0.15) is 13.2 Å². The Morgan fingerprint density at radius 1 is 1.15 bits per heavy atom. The molecule has 1 amide bonds. The summed E-state index contributed by atoms with van der Waals surface area (Å²) in [5.41, 5.74) is -0.211. The van der Waals surface area contributed by atoms with Crippen molar-refractivity contribution in [3.63, 3.8) is 0 Å². The highest BCUT2D eigenvalue weighted by Crippen LogP contribution is 2.32. The molecular formula is C19H22F3N3O. The fraction of sp³-hybridized carbons (Fsp3) is 0.421. The number of rotatable bonds is 5. The van der Waals surface area contributed by atoms with Crippen molar-refractivity contribution in [1.29, 1.82) is 0 Å². The quantitative estimate of drug-likeness (QED) is 0.879. The van der Waals surface area contributed by atoms with Crippen molar-refractivity contribution in [2.24, 2.45) is 7.05 Å². The summed E-state index contributed by atoms with van der Waals surface area (Å²) in [7, 11) is 1.93. The molecule has 26 heavy (non-hydrogen) atoms. The number of aromatic nitrogens is 1. The van der Waals surface area contributed by atoms with E-state index in [-0.39, 0.29) is 18.2 Å². The monoisotopic (exact) mass is 365 g/mol. The van der Waals surface area contributed by atoms with Crippen molar-refractivity contribution in [2.75, 3.05) is 19.6 Å². The molecular weight excluding hydrogens is 343 g/mol. The average Bonchev–Trinajstić information content (AvgIpc) is 3.27. The van der Waals surface area contributed by atoms with Gasteiger partial charge >= 0.3 is 6.18 Å². The number of halogens is 3. The third-order valence-electron chi connectivity index (χ3n) is 4.84. The van der Waals surface area contributed by atoms with Gasteiger partial charge in [0.1, 0.15) is 0 Å². The second-order valence-electron chi connectivity index (χ2n) is 6.56. The van der Waals surface area contributed by atoms with Gasteiger partial charge in [0.2, 0.25) is 0 Å². The van der Waals surface area contributed by atoms with E-state index >= 15 is 0 Å². The molecule has 1 aliphatic heterocycles. The number of nitrogens with zero attached hydrogens (tertiary/aromatic N) is 2. The third kappa shape index (κ3) is 3.93. The smallest absolute Gasteiger partial charge is 0.353 e. The van der Waals surface area contributed by atoms with Crippen LogP contribution in [-0.4, -0.2) is 35.0 Å². The number of aryl methyl sites for hydroxylation is 1. The van der Waals surface area contributed by atoms with E-state index in [9.17, 15) is 18.0 Å². The molecule has 1 atom stereocenters. The number of amides is 1. The summed E-state index contributed by atoms with van der Waals surface area (Å²) < 4.78 is 41.4. The van der Waals surface area contributed by atoms with Crippen LogP contribution in [0.5, 0.6) is 0 Å². The van der Waals surface area contributed by atoms with E-state index in [2.05, 4.69) is 10.2 Å². The minimum absolute atomic E-state index is 0.0560. The van der Waals surface area contributed by atoms with Gasteiger partial charge in [0, 0.05) is 25.5 Å². The zero-order valence-corrected chi connectivity index (χ0v) is 14.6. The van der Waals surface area contributed by atoms with E-state index in [0.29, 0.717) is 0 Å². The predicted octanol–water partition coefficient (Wildman–Crippen LogP) is 3.61. The standard InChI is InChI=1S/C19H22F3N3O/c1-24-10-6-9-16(24)17(25-11-4-5-12-25)13-23-18(26)14-7-2-3-8-15(14)19(20,21)22/h2-3,6-10,17H,4-5,11-13H2,1H3,(H,23,26)/t17-/m0/s1. The van der Waals surface area contributed by atoms with E-state index < -0.39 is 17.6 Å². The number of benzene rings is 1. The van der Waals surface area contributed by atoms with Gasteiger partial charge < -0.3 is 9.88 Å². The molecule has 0 spiro atoms. The van der Waals surface area contributed by atoms with Crippen molar-refractivity contribution in [2.45, 2.75) is 25.1 Å². The number of nitrogens with one attached hydrogen (secondary N) is 1. The molecule has 1 N–H and O–H groups in total. The van der Waals surface area contributed by atoms with Crippen molar-refractivity contribution >= 4 is 5.91 Å². The van der Waals surface area contributed by atoms with E-state index in [1.54, 1.807) is 0 Å². The summed E-state index contributed by atoms with van der Waals surface area (Å²) in [6.07, 6.45) is -0.447. The highest BCUT2D eigenvalue weighted by Gasteiger charge is 2.35. The first-order valence-corrected chi connectivity index (χ1v) is 8.67. The van der Waals surface area contributed by atoms with Gasteiger partial charge in [-0.15, -0.1) is 0 Å². The zero-order chi connectivity index (χ0) is 18.7. The van der Waals surface area contributed by atoms with E-state index in [1.807, 2.05) is 29.9 Å². The van der Waals surface area contributed by atoms with Crippen molar-refractivity contribution in [3.8, 4) is 0 Å². The van der Waals surface area contributed by atoms with E-state index in [1.165, 1.54) is 18.2 Å². The molecule has 1 aliphatic rings. The SMILES string of the molecule is Cn1cccc1[C@H](CNC(=O)c1ccccc1C(F)(F)F)N1CCCC1. The van der Waals surface area contributed by atoms with Crippen LogP contribution in [-0.2, 0) is 13.2 Å². The average molecular weight is 365 g/mol. The molecule has 0 radical (unpaired) electrons. The number of carbonyl (C=O) groups is 1. The summed E-state index contributed by atoms with van der Waals surface area (Å²) in [4.78, 5) is 14.7. The maximum atomic E-state index is 13.1. The Bertz CT molecular complexity index is 763. The van der Waals surface area contributed by atoms with Gasteiger partial charge in [-0.05, 0) is 50.2 Å². The Morgan fingerprint density at radius 3 is 2.46 bits per heavy atom. The summed E-state index contributed by atoms with van der Waals surface area (Å²) >= 11 is 0. The Balaban J connectivity index is 1.78. The molecule has 0 saturated carbocycles. The maximum Gasteiger partial charge on any atom is 0.417 e. The lowest BCUT2D eigenvalue weighted by atomic mass is 10.1.